The van der Waals surface area contributed by atoms with Crippen LogP contribution >= 0.6 is 0 Å². The van der Waals surface area contributed by atoms with Crippen LogP contribution in [0.1, 0.15) is 17.9 Å². The van der Waals surface area contributed by atoms with E-state index in [4.69, 9.17) is 4.74 Å². The predicted octanol–water partition coefficient (Wildman–Crippen LogP) is -1.45. The van der Waals surface area contributed by atoms with Gasteiger partial charge in [0.15, 0.2) is 0 Å². The van der Waals surface area contributed by atoms with Crippen LogP contribution in [-0.4, -0.2) is 45.7 Å². The quantitative estimate of drug-likeness (QED) is 0.623. The zero-order valence-electron chi connectivity index (χ0n) is 10.9. The van der Waals surface area contributed by atoms with E-state index in [2.05, 4.69) is 4.98 Å². The molecule has 0 bridgehead atoms. The van der Waals surface area contributed by atoms with Crippen molar-refractivity contribution in [2.75, 3.05) is 13.7 Å². The molecular formula is C12H18N2O5. The van der Waals surface area contributed by atoms with Crippen LogP contribution in [-0.2, 0) is 11.8 Å². The average Bonchev–Trinajstić information content (AvgIpc) is 2.70. The van der Waals surface area contributed by atoms with Gasteiger partial charge in [-0.15, -0.1) is 0 Å². The highest BCUT2D eigenvalue weighted by Gasteiger charge is 2.44. The van der Waals surface area contributed by atoms with Gasteiger partial charge in [0.1, 0.15) is 0 Å². The fourth-order valence-electron chi connectivity index (χ4n) is 2.78. The standard InChI is InChI=1S/C12H18N2O5/c1-14-4-8(11(17)13-12(14)18)7-3-6(5-15)10(19-2)9(7)16/h4,6-7,9-10,15-16H,3,5H2,1-2H3,(H,13,17,18)/t6-,7+,9-,10?/m1/s1. The first-order valence-corrected chi connectivity index (χ1v) is 6.11. The number of nitrogens with zero attached hydrogens (tertiary/aromatic N) is 1. The van der Waals surface area contributed by atoms with E-state index in [0.29, 0.717) is 12.0 Å². The summed E-state index contributed by atoms with van der Waals surface area (Å²) in [5, 5.41) is 19.5. The Bertz CT molecular complexity index is 564. The maximum absolute atomic E-state index is 11.8. The number of hydrogen-bond donors (Lipinski definition) is 3. The number of hydrogen-bond acceptors (Lipinski definition) is 5. The van der Waals surface area contributed by atoms with Crippen LogP contribution in [0.3, 0.4) is 0 Å². The first kappa shape index (κ1) is 14.0. The highest BCUT2D eigenvalue weighted by Crippen LogP contribution is 2.38. The largest absolute Gasteiger partial charge is 0.396 e. The minimum absolute atomic E-state index is 0.115. The van der Waals surface area contributed by atoms with Gasteiger partial charge in [0.2, 0.25) is 0 Å². The van der Waals surface area contributed by atoms with Gasteiger partial charge in [-0.05, 0) is 6.42 Å². The van der Waals surface area contributed by atoms with Gasteiger partial charge in [-0.1, -0.05) is 0 Å². The summed E-state index contributed by atoms with van der Waals surface area (Å²) in [6.45, 7) is -0.115. The molecule has 0 amide bonds. The molecule has 0 radical (unpaired) electrons. The van der Waals surface area contributed by atoms with E-state index in [9.17, 15) is 19.8 Å². The SMILES string of the molecule is COC1[C@@H](CO)C[C@@H](c2cn(C)c(=O)[nH]c2=O)[C@H]1O. The highest BCUT2D eigenvalue weighted by molar-refractivity contribution is 5.18. The summed E-state index contributed by atoms with van der Waals surface area (Å²) >= 11 is 0. The van der Waals surface area contributed by atoms with Crippen LogP contribution in [0.15, 0.2) is 15.8 Å². The minimum Gasteiger partial charge on any atom is -0.396 e. The molecule has 4 atom stereocenters. The highest BCUT2D eigenvalue weighted by atomic mass is 16.5. The Hall–Kier alpha value is -1.44. The molecule has 1 aromatic heterocycles. The lowest BCUT2D eigenvalue weighted by Crippen LogP contribution is -2.35. The number of aliphatic hydroxyl groups is 2. The Morgan fingerprint density at radius 2 is 2.21 bits per heavy atom. The Morgan fingerprint density at radius 3 is 2.74 bits per heavy atom. The smallest absolute Gasteiger partial charge is 0.328 e. The Morgan fingerprint density at radius 1 is 1.53 bits per heavy atom. The van der Waals surface area contributed by atoms with Gasteiger partial charge in [-0.3, -0.25) is 9.78 Å². The summed E-state index contributed by atoms with van der Waals surface area (Å²) in [7, 11) is 2.99. The van der Waals surface area contributed by atoms with E-state index in [-0.39, 0.29) is 12.5 Å². The minimum atomic E-state index is -0.874. The molecule has 2 rings (SSSR count). The molecule has 7 nitrogen and oxygen atoms in total. The van der Waals surface area contributed by atoms with Crippen molar-refractivity contribution >= 4 is 0 Å². The maximum atomic E-state index is 11.8. The van der Waals surface area contributed by atoms with Crippen LogP contribution in [0.5, 0.6) is 0 Å². The van der Waals surface area contributed by atoms with Crippen molar-refractivity contribution in [1.82, 2.24) is 9.55 Å². The third-order valence-electron chi connectivity index (χ3n) is 3.81. The predicted molar refractivity (Wildman–Crippen MR) is 67.0 cm³/mol. The van der Waals surface area contributed by atoms with Gasteiger partial charge in [0.25, 0.3) is 5.56 Å². The lowest BCUT2D eigenvalue weighted by Gasteiger charge is -2.20. The number of aliphatic hydroxyl groups excluding tert-OH is 2. The van der Waals surface area contributed by atoms with Crippen LogP contribution in [0.4, 0.5) is 0 Å². The van der Waals surface area contributed by atoms with Crippen molar-refractivity contribution in [3.05, 3.63) is 32.6 Å². The van der Waals surface area contributed by atoms with Gasteiger partial charge < -0.3 is 19.5 Å². The number of methoxy groups -OCH3 is 1. The zero-order valence-corrected chi connectivity index (χ0v) is 10.9. The van der Waals surface area contributed by atoms with Crippen molar-refractivity contribution in [3.8, 4) is 0 Å². The van der Waals surface area contributed by atoms with Crippen molar-refractivity contribution < 1.29 is 14.9 Å². The molecular weight excluding hydrogens is 252 g/mol. The average molecular weight is 270 g/mol. The van der Waals surface area contributed by atoms with Crippen LogP contribution in [0.25, 0.3) is 0 Å². The fourth-order valence-corrected chi connectivity index (χ4v) is 2.78. The Balaban J connectivity index is 2.41. The molecule has 0 saturated heterocycles. The molecule has 1 aliphatic rings. The molecule has 1 aromatic rings. The first-order chi connectivity index (χ1) is 8.99. The second kappa shape index (κ2) is 5.28. The summed E-state index contributed by atoms with van der Waals surface area (Å²) in [4.78, 5) is 25.3. The van der Waals surface area contributed by atoms with E-state index < -0.39 is 29.4 Å². The zero-order chi connectivity index (χ0) is 14.2. The van der Waals surface area contributed by atoms with Gasteiger partial charge in [-0.2, -0.15) is 0 Å². The van der Waals surface area contributed by atoms with Gasteiger partial charge >= 0.3 is 5.69 Å². The molecule has 0 aliphatic heterocycles. The number of aryl methyl sites for hydroxylation is 1. The first-order valence-electron chi connectivity index (χ1n) is 6.11. The van der Waals surface area contributed by atoms with E-state index >= 15 is 0 Å². The van der Waals surface area contributed by atoms with E-state index in [1.165, 1.54) is 24.9 Å². The summed E-state index contributed by atoms with van der Waals surface area (Å²) < 4.78 is 6.44. The summed E-state index contributed by atoms with van der Waals surface area (Å²) in [6.07, 6.45) is 0.492. The van der Waals surface area contributed by atoms with E-state index in [1.807, 2.05) is 0 Å². The summed E-state index contributed by atoms with van der Waals surface area (Å²) in [5.74, 6) is -0.667. The Kier molecular flexibility index (Phi) is 3.88. The van der Waals surface area contributed by atoms with Crippen molar-refractivity contribution in [1.29, 1.82) is 0 Å². The van der Waals surface area contributed by atoms with Crippen molar-refractivity contribution in [2.45, 2.75) is 24.5 Å². The number of aromatic nitrogens is 2. The fraction of sp³-hybridized carbons (Fsp3) is 0.667. The van der Waals surface area contributed by atoms with E-state index in [1.54, 1.807) is 0 Å². The second-order valence-electron chi connectivity index (χ2n) is 4.93. The number of aromatic amines is 1. The molecule has 106 valence electrons. The third kappa shape index (κ3) is 2.36. The number of nitrogens with one attached hydrogen (secondary N) is 1. The van der Waals surface area contributed by atoms with Crippen LogP contribution < -0.4 is 11.2 Å². The molecule has 1 unspecified atom stereocenters. The van der Waals surface area contributed by atoms with Crippen LogP contribution in [0.2, 0.25) is 0 Å². The second-order valence-corrected chi connectivity index (χ2v) is 4.93. The Labute approximate surface area is 109 Å². The van der Waals surface area contributed by atoms with Gasteiger partial charge in [0.05, 0.1) is 12.2 Å². The molecule has 1 fully saturated rings. The number of H-pyrrole nitrogens is 1. The number of rotatable bonds is 3. The van der Waals surface area contributed by atoms with Crippen molar-refractivity contribution in [3.63, 3.8) is 0 Å². The molecule has 1 saturated carbocycles. The molecule has 0 aromatic carbocycles. The normalized spacial score (nSPS) is 30.7. The summed E-state index contributed by atoms with van der Waals surface area (Å²) in [6, 6.07) is 0. The lowest BCUT2D eigenvalue weighted by molar-refractivity contribution is -0.0277. The lowest BCUT2D eigenvalue weighted by atomic mass is 9.97. The van der Waals surface area contributed by atoms with Crippen LogP contribution in [0, 0.1) is 5.92 Å². The maximum Gasteiger partial charge on any atom is 0.328 e. The topological polar surface area (TPSA) is 105 Å². The third-order valence-corrected chi connectivity index (χ3v) is 3.81. The van der Waals surface area contributed by atoms with Gasteiger partial charge in [0, 0.05) is 44.4 Å². The molecule has 1 heterocycles. The summed E-state index contributed by atoms with van der Waals surface area (Å²) in [5.41, 5.74) is -0.656. The molecule has 19 heavy (non-hydrogen) atoms. The van der Waals surface area contributed by atoms with Crippen molar-refractivity contribution in [2.24, 2.45) is 13.0 Å². The van der Waals surface area contributed by atoms with Gasteiger partial charge in [-0.25, -0.2) is 4.79 Å². The molecule has 7 heteroatoms. The monoisotopic (exact) mass is 270 g/mol. The number of ether oxygens (including phenoxy) is 1. The molecule has 0 spiro atoms. The molecule has 3 N–H and O–H groups in total. The van der Waals surface area contributed by atoms with E-state index in [0.717, 1.165) is 0 Å². The molecule has 1 aliphatic carbocycles.